The lowest BCUT2D eigenvalue weighted by Gasteiger charge is -2.08. The van der Waals surface area contributed by atoms with Crippen LogP contribution in [0.15, 0.2) is 35.4 Å². The predicted octanol–water partition coefficient (Wildman–Crippen LogP) is 3.89. The predicted molar refractivity (Wildman–Crippen MR) is 97.4 cm³/mol. The van der Waals surface area contributed by atoms with Gasteiger partial charge in [0.05, 0.1) is 18.3 Å². The lowest BCUT2D eigenvalue weighted by molar-refractivity contribution is -0.123. The van der Waals surface area contributed by atoms with Gasteiger partial charge in [0.2, 0.25) is 0 Å². The van der Waals surface area contributed by atoms with Crippen molar-refractivity contribution in [3.05, 3.63) is 51.0 Å². The largest absolute Gasteiger partial charge is 0.504 e. The summed E-state index contributed by atoms with van der Waals surface area (Å²) in [5, 5.41) is 14.8. The number of nitrogens with zero attached hydrogens (tertiary/aromatic N) is 1. The highest BCUT2D eigenvalue weighted by Gasteiger charge is 2.09. The van der Waals surface area contributed by atoms with E-state index in [0.717, 1.165) is 0 Å². The number of benzene rings is 2. The molecule has 6 nitrogen and oxygen atoms in total. The van der Waals surface area contributed by atoms with Gasteiger partial charge >= 0.3 is 0 Å². The van der Waals surface area contributed by atoms with E-state index in [1.54, 1.807) is 12.1 Å². The van der Waals surface area contributed by atoms with Crippen LogP contribution < -0.4 is 14.9 Å². The monoisotopic (exact) mass is 402 g/mol. The quantitative estimate of drug-likeness (QED) is 0.566. The Morgan fingerprint density at radius 3 is 2.64 bits per heavy atom. The summed E-state index contributed by atoms with van der Waals surface area (Å²) in [7, 11) is 1.40. The summed E-state index contributed by atoms with van der Waals surface area (Å²) in [6, 6.07) is 7.58. The van der Waals surface area contributed by atoms with Crippen molar-refractivity contribution < 1.29 is 19.4 Å². The third kappa shape index (κ3) is 5.42. The van der Waals surface area contributed by atoms with E-state index in [2.05, 4.69) is 10.5 Å². The molecule has 0 radical (unpaired) electrons. The molecule has 0 aliphatic carbocycles. The number of ether oxygens (including phenoxy) is 2. The highest BCUT2D eigenvalue weighted by molar-refractivity contribution is 6.34. The van der Waals surface area contributed by atoms with E-state index in [1.165, 1.54) is 31.5 Å². The fourth-order valence-electron chi connectivity index (χ4n) is 1.79. The fourth-order valence-corrected chi connectivity index (χ4v) is 2.34. The maximum absolute atomic E-state index is 11.7. The molecule has 0 bridgehead atoms. The summed E-state index contributed by atoms with van der Waals surface area (Å²) in [6.07, 6.45) is 1.23. The molecule has 2 rings (SSSR count). The van der Waals surface area contributed by atoms with Gasteiger partial charge in [-0.05, 0) is 18.2 Å². The third-order valence-electron chi connectivity index (χ3n) is 2.93. The Morgan fingerprint density at radius 1 is 1.20 bits per heavy atom. The van der Waals surface area contributed by atoms with Gasteiger partial charge in [0.15, 0.2) is 18.1 Å². The molecule has 0 fully saturated rings. The first-order valence-corrected chi connectivity index (χ1v) is 8.00. The molecule has 0 saturated carbocycles. The van der Waals surface area contributed by atoms with Crippen molar-refractivity contribution >= 4 is 46.9 Å². The molecule has 132 valence electrons. The normalized spacial score (nSPS) is 10.7. The molecule has 0 unspecified atom stereocenters. The van der Waals surface area contributed by atoms with Gasteiger partial charge in [-0.15, -0.1) is 0 Å². The Morgan fingerprint density at radius 2 is 1.92 bits per heavy atom. The summed E-state index contributed by atoms with van der Waals surface area (Å²) in [5.74, 6) is -0.197. The van der Waals surface area contributed by atoms with Gasteiger partial charge in [-0.1, -0.05) is 34.8 Å². The number of carbonyl (C=O) groups excluding carboxylic acids is 1. The average Bonchev–Trinajstić information content (AvgIpc) is 2.58. The number of hydrogen-bond acceptors (Lipinski definition) is 5. The molecule has 1 amide bonds. The molecule has 25 heavy (non-hydrogen) atoms. The number of amides is 1. The zero-order chi connectivity index (χ0) is 18.4. The maximum Gasteiger partial charge on any atom is 0.277 e. The van der Waals surface area contributed by atoms with Crippen LogP contribution in [-0.4, -0.2) is 30.9 Å². The summed E-state index contributed by atoms with van der Waals surface area (Å²) in [4.78, 5) is 11.7. The zero-order valence-corrected chi connectivity index (χ0v) is 15.2. The van der Waals surface area contributed by atoms with Crippen LogP contribution in [0.25, 0.3) is 0 Å². The molecule has 0 aromatic heterocycles. The Bertz CT molecular complexity index is 812. The number of aromatic hydroxyl groups is 1. The van der Waals surface area contributed by atoms with Crippen molar-refractivity contribution in [2.75, 3.05) is 13.7 Å². The molecule has 0 heterocycles. The van der Waals surface area contributed by atoms with Crippen molar-refractivity contribution in [3.63, 3.8) is 0 Å². The van der Waals surface area contributed by atoms with Crippen molar-refractivity contribution in [2.24, 2.45) is 5.10 Å². The van der Waals surface area contributed by atoms with Crippen LogP contribution in [0.2, 0.25) is 15.1 Å². The SMILES string of the molecule is COc1cc(Cl)cc(/C=N/NC(=O)COc2cc(Cl)ccc2Cl)c1O. The number of nitrogens with one attached hydrogen (secondary N) is 1. The van der Waals surface area contributed by atoms with E-state index in [-0.39, 0.29) is 29.4 Å². The molecule has 2 aromatic carbocycles. The number of phenols is 1. The minimum Gasteiger partial charge on any atom is -0.504 e. The summed E-state index contributed by atoms with van der Waals surface area (Å²) >= 11 is 17.7. The van der Waals surface area contributed by atoms with Crippen molar-refractivity contribution in [1.29, 1.82) is 0 Å². The first kappa shape index (κ1) is 19.2. The number of carbonyl (C=O) groups is 1. The standard InChI is InChI=1S/C16H13Cl3N2O4/c1-24-14-6-11(18)4-9(16(14)23)7-20-21-15(22)8-25-13-5-10(17)2-3-12(13)19/h2-7,23H,8H2,1H3,(H,21,22)/b20-7+. The van der Waals surface area contributed by atoms with Gasteiger partial charge < -0.3 is 14.6 Å². The van der Waals surface area contributed by atoms with E-state index in [9.17, 15) is 9.90 Å². The van der Waals surface area contributed by atoms with Crippen molar-refractivity contribution in [1.82, 2.24) is 5.43 Å². The van der Waals surface area contributed by atoms with Gasteiger partial charge in [-0.3, -0.25) is 4.79 Å². The van der Waals surface area contributed by atoms with Crippen LogP contribution >= 0.6 is 34.8 Å². The second-order valence-electron chi connectivity index (χ2n) is 4.70. The van der Waals surface area contributed by atoms with E-state index >= 15 is 0 Å². The van der Waals surface area contributed by atoms with Gasteiger partial charge in [-0.2, -0.15) is 5.10 Å². The van der Waals surface area contributed by atoms with Crippen LogP contribution in [0.1, 0.15) is 5.56 Å². The second-order valence-corrected chi connectivity index (χ2v) is 5.98. The Kier molecular flexibility index (Phi) is 6.75. The first-order chi connectivity index (χ1) is 11.9. The number of hydrogen-bond donors (Lipinski definition) is 2. The summed E-state index contributed by atoms with van der Waals surface area (Å²) < 4.78 is 10.2. The first-order valence-electron chi connectivity index (χ1n) is 6.87. The smallest absolute Gasteiger partial charge is 0.277 e. The Labute approximate surface area is 158 Å². The molecular formula is C16H13Cl3N2O4. The lowest BCUT2D eigenvalue weighted by atomic mass is 10.2. The molecule has 9 heteroatoms. The number of methoxy groups -OCH3 is 1. The minimum atomic E-state index is -0.527. The zero-order valence-electron chi connectivity index (χ0n) is 12.9. The van der Waals surface area contributed by atoms with Gasteiger partial charge in [0.1, 0.15) is 5.75 Å². The number of halogens is 3. The Hall–Kier alpha value is -2.15. The summed E-state index contributed by atoms with van der Waals surface area (Å²) in [5.41, 5.74) is 2.54. The number of hydrazone groups is 1. The van der Waals surface area contributed by atoms with Gasteiger partial charge in [-0.25, -0.2) is 5.43 Å². The maximum atomic E-state index is 11.7. The topological polar surface area (TPSA) is 80.2 Å². The molecule has 0 aliphatic rings. The van der Waals surface area contributed by atoms with Gasteiger partial charge in [0, 0.05) is 27.7 Å². The number of phenolic OH excluding ortho intramolecular Hbond substituents is 1. The highest BCUT2D eigenvalue weighted by atomic mass is 35.5. The fraction of sp³-hybridized carbons (Fsp3) is 0.125. The van der Waals surface area contributed by atoms with E-state index in [0.29, 0.717) is 15.1 Å². The van der Waals surface area contributed by atoms with Crippen LogP contribution in [0.5, 0.6) is 17.2 Å². The number of rotatable bonds is 6. The molecule has 2 aromatic rings. The molecule has 0 saturated heterocycles. The second kappa shape index (κ2) is 8.80. The minimum absolute atomic E-state index is 0.146. The molecule has 0 spiro atoms. The van der Waals surface area contributed by atoms with E-state index in [4.69, 9.17) is 44.3 Å². The lowest BCUT2D eigenvalue weighted by Crippen LogP contribution is -2.24. The summed E-state index contributed by atoms with van der Waals surface area (Å²) in [6.45, 7) is -0.317. The Balaban J connectivity index is 1.95. The highest BCUT2D eigenvalue weighted by Crippen LogP contribution is 2.32. The third-order valence-corrected chi connectivity index (χ3v) is 3.70. The molecular weight excluding hydrogens is 391 g/mol. The van der Waals surface area contributed by atoms with Gasteiger partial charge in [0.25, 0.3) is 5.91 Å². The van der Waals surface area contributed by atoms with Crippen molar-refractivity contribution in [3.8, 4) is 17.2 Å². The average molecular weight is 404 g/mol. The van der Waals surface area contributed by atoms with E-state index < -0.39 is 5.91 Å². The van der Waals surface area contributed by atoms with Crippen LogP contribution in [0.4, 0.5) is 0 Å². The molecule has 0 atom stereocenters. The van der Waals surface area contributed by atoms with Crippen molar-refractivity contribution in [2.45, 2.75) is 0 Å². The van der Waals surface area contributed by atoms with Crippen LogP contribution in [0, 0.1) is 0 Å². The van der Waals surface area contributed by atoms with Crippen LogP contribution in [-0.2, 0) is 4.79 Å². The van der Waals surface area contributed by atoms with E-state index in [1.807, 2.05) is 0 Å². The molecule has 0 aliphatic heterocycles. The molecule has 2 N–H and O–H groups in total. The van der Waals surface area contributed by atoms with Crippen LogP contribution in [0.3, 0.4) is 0 Å².